The molecule has 2 aliphatic heterocycles. The number of carbonyl (C=O) groups excluding carboxylic acids is 1. The van der Waals surface area contributed by atoms with Crippen molar-refractivity contribution in [2.45, 2.75) is 51.2 Å². The number of amides is 1. The minimum absolute atomic E-state index is 0.00356. The van der Waals surface area contributed by atoms with Gasteiger partial charge in [-0.15, -0.1) is 9.42 Å². The van der Waals surface area contributed by atoms with Crippen LogP contribution in [0.15, 0.2) is 91.5 Å². The zero-order valence-electron chi connectivity index (χ0n) is 25.9. The number of fused-ring (bicyclic) bond motifs is 3. The first kappa shape index (κ1) is 31.0. The van der Waals surface area contributed by atoms with Gasteiger partial charge < -0.3 is 19.5 Å². The van der Waals surface area contributed by atoms with E-state index in [0.29, 0.717) is 22.7 Å². The van der Waals surface area contributed by atoms with Gasteiger partial charge in [-0.1, -0.05) is 87.5 Å². The van der Waals surface area contributed by atoms with Gasteiger partial charge in [-0.05, 0) is 17.7 Å². The lowest BCUT2D eigenvalue weighted by atomic mass is 9.77. The number of para-hydroxylation sites is 2. The van der Waals surface area contributed by atoms with Crippen molar-refractivity contribution in [2.24, 2.45) is 5.41 Å². The molecule has 7 rings (SSSR count). The van der Waals surface area contributed by atoms with Crippen LogP contribution in [0, 0.1) is 5.41 Å². The molecule has 0 spiro atoms. The maximum Gasteiger partial charge on any atom is 0.695 e. The van der Waals surface area contributed by atoms with Gasteiger partial charge in [-0.2, -0.15) is 0 Å². The van der Waals surface area contributed by atoms with Gasteiger partial charge in [0.2, 0.25) is 5.91 Å². The molecule has 3 aromatic carbocycles. The van der Waals surface area contributed by atoms with E-state index in [0.717, 1.165) is 16.7 Å². The normalized spacial score (nSPS) is 20.3. The number of imidazole rings is 1. The molecule has 2 aliphatic rings. The molecule has 1 fully saturated rings. The highest BCUT2D eigenvalue weighted by atomic mass is 31.1. The second-order valence-electron chi connectivity index (χ2n) is 12.4. The van der Waals surface area contributed by atoms with E-state index in [-0.39, 0.29) is 24.8 Å². The van der Waals surface area contributed by atoms with Crippen LogP contribution in [0.3, 0.4) is 0 Å². The first-order chi connectivity index (χ1) is 22.6. The summed E-state index contributed by atoms with van der Waals surface area (Å²) in [6.07, 6.45) is 0.878. The monoisotopic (exact) mass is 654 g/mol. The second-order valence-corrected chi connectivity index (χ2v) is 13.1. The Morgan fingerprint density at radius 1 is 1.00 bits per heavy atom. The molecule has 0 saturated carbocycles. The number of rotatable bonds is 8. The highest BCUT2D eigenvalue weighted by molar-refractivity contribution is 7.32. The molecule has 0 bridgehead atoms. The first-order valence-electron chi connectivity index (χ1n) is 15.2. The van der Waals surface area contributed by atoms with Crippen LogP contribution in [-0.2, 0) is 29.0 Å². The van der Waals surface area contributed by atoms with Crippen molar-refractivity contribution in [2.75, 3.05) is 11.9 Å². The van der Waals surface area contributed by atoms with E-state index >= 15 is 0 Å². The molecule has 5 aromatic rings. The minimum atomic E-state index is -2.95. The average molecular weight is 655 g/mol. The van der Waals surface area contributed by atoms with E-state index in [1.807, 2.05) is 78.9 Å². The summed E-state index contributed by atoms with van der Waals surface area (Å²) in [5, 5.41) is 2.83. The summed E-state index contributed by atoms with van der Waals surface area (Å²) < 4.78 is 39.0. The molecule has 12 nitrogen and oxygen atoms in total. The maximum atomic E-state index is 12.7. The Kier molecular flexibility index (Phi) is 8.07. The number of nitrogens with one attached hydrogen (secondary N) is 1. The molecule has 1 amide bonds. The summed E-state index contributed by atoms with van der Waals surface area (Å²) in [7, 11) is -2.95. The van der Waals surface area contributed by atoms with Crippen LogP contribution >= 0.6 is 8.25 Å². The Balaban J connectivity index is 1.23. The molecule has 13 heteroatoms. The first-order valence-corrected chi connectivity index (χ1v) is 16.3. The summed E-state index contributed by atoms with van der Waals surface area (Å²) in [5.41, 5.74) is 1.59. The van der Waals surface area contributed by atoms with Gasteiger partial charge >= 0.3 is 8.25 Å². The molecule has 47 heavy (non-hydrogen) atoms. The van der Waals surface area contributed by atoms with Crippen molar-refractivity contribution >= 4 is 31.1 Å². The van der Waals surface area contributed by atoms with Crippen LogP contribution in [0.25, 0.3) is 11.2 Å². The second kappa shape index (κ2) is 12.2. The van der Waals surface area contributed by atoms with Gasteiger partial charge in [0.25, 0.3) is 0 Å². The summed E-state index contributed by atoms with van der Waals surface area (Å²) >= 11 is 0. The molecular formula is C34H33N5O7P+. The zero-order valence-corrected chi connectivity index (χ0v) is 26.8. The van der Waals surface area contributed by atoms with E-state index in [9.17, 15) is 14.3 Å². The molecule has 0 radical (unpaired) electrons. The molecule has 0 aliphatic carbocycles. The van der Waals surface area contributed by atoms with Crippen LogP contribution in [0.4, 0.5) is 5.82 Å². The number of hydrogen-bond acceptors (Lipinski definition) is 9. The van der Waals surface area contributed by atoms with Crippen LogP contribution < -0.4 is 10.1 Å². The third-order valence-electron chi connectivity index (χ3n) is 8.39. The summed E-state index contributed by atoms with van der Waals surface area (Å²) in [6, 6.07) is 25.3. The quantitative estimate of drug-likeness (QED) is 0.184. The number of nitrogens with zero attached hydrogens (tertiary/aromatic N) is 4. The van der Waals surface area contributed by atoms with Gasteiger partial charge in [0.15, 0.2) is 22.6 Å². The summed E-state index contributed by atoms with van der Waals surface area (Å²) in [4.78, 5) is 35.6. The maximum absolute atomic E-state index is 12.7. The SMILES string of the molecule is CC(C)(C)C(=O)Nc1ncnc2c1ncn2[C@H]1C[C@H](O[P+](=O)O)[C@@H](COC2(c3ccccc3)c3ccccc3Oc3ccccc32)O1. The Morgan fingerprint density at radius 3 is 2.32 bits per heavy atom. The topological polar surface area (TPSA) is 147 Å². The predicted octanol–water partition coefficient (Wildman–Crippen LogP) is 6.25. The van der Waals surface area contributed by atoms with Gasteiger partial charge in [0.05, 0.1) is 12.9 Å². The molecule has 1 unspecified atom stereocenters. The Hall–Kier alpha value is -4.58. The predicted molar refractivity (Wildman–Crippen MR) is 172 cm³/mol. The van der Waals surface area contributed by atoms with Gasteiger partial charge in [-0.25, -0.2) is 15.0 Å². The van der Waals surface area contributed by atoms with E-state index in [1.54, 1.807) is 31.7 Å². The van der Waals surface area contributed by atoms with Gasteiger partial charge in [0.1, 0.15) is 36.3 Å². The molecular weight excluding hydrogens is 621 g/mol. The molecule has 240 valence electrons. The molecule has 2 aromatic heterocycles. The molecule has 4 heterocycles. The fourth-order valence-electron chi connectivity index (χ4n) is 6.08. The van der Waals surface area contributed by atoms with Crippen molar-refractivity contribution in [3.63, 3.8) is 0 Å². The van der Waals surface area contributed by atoms with Crippen LogP contribution in [0.1, 0.15) is 50.1 Å². The number of carbonyl (C=O) groups is 1. The number of ether oxygens (including phenoxy) is 3. The van der Waals surface area contributed by atoms with Crippen LogP contribution in [-0.4, -0.2) is 49.1 Å². The smallest absolute Gasteiger partial charge is 0.457 e. The van der Waals surface area contributed by atoms with Crippen molar-refractivity contribution in [1.82, 2.24) is 19.5 Å². The van der Waals surface area contributed by atoms with E-state index in [1.165, 1.54) is 6.33 Å². The largest absolute Gasteiger partial charge is 0.695 e. The average Bonchev–Trinajstić information content (AvgIpc) is 3.67. The molecule has 2 N–H and O–H groups in total. The Labute approximate surface area is 271 Å². The lowest BCUT2D eigenvalue weighted by Gasteiger charge is -2.41. The summed E-state index contributed by atoms with van der Waals surface area (Å²) in [6.45, 7) is 5.41. The number of benzene rings is 3. The Morgan fingerprint density at radius 2 is 1.66 bits per heavy atom. The highest BCUT2D eigenvalue weighted by Gasteiger charge is 2.48. The van der Waals surface area contributed by atoms with Crippen LogP contribution in [0.5, 0.6) is 11.5 Å². The lowest BCUT2D eigenvalue weighted by molar-refractivity contribution is -0.123. The minimum Gasteiger partial charge on any atom is -0.457 e. The third-order valence-corrected chi connectivity index (χ3v) is 8.84. The third kappa shape index (κ3) is 5.68. The van der Waals surface area contributed by atoms with Crippen molar-refractivity contribution < 1.29 is 33.0 Å². The van der Waals surface area contributed by atoms with Crippen molar-refractivity contribution in [3.8, 4) is 11.5 Å². The van der Waals surface area contributed by atoms with Crippen molar-refractivity contribution in [3.05, 3.63) is 108 Å². The van der Waals surface area contributed by atoms with E-state index in [2.05, 4.69) is 20.3 Å². The number of hydrogen-bond donors (Lipinski definition) is 2. The zero-order chi connectivity index (χ0) is 32.8. The standard InChI is InChI=1S/C34H32N5O7P/c1-33(2,3)32(40)38-30-29-31(36-19-35-30)39(20-37-29)28-17-26(46-47(41)42)27(45-28)18-43-34(21-11-5-4-6-12-21)22-13-7-9-15-24(22)44-25-16-10-8-14-23(25)34/h4-16,19-20,26-28H,17-18H2,1-3H3,(H-,35,36,38,40,41,42)/p+1/t26-,27+,28+/m0/s1. The molecule has 1 saturated heterocycles. The highest BCUT2D eigenvalue weighted by Crippen LogP contribution is 2.52. The lowest BCUT2D eigenvalue weighted by Crippen LogP contribution is -2.40. The summed E-state index contributed by atoms with van der Waals surface area (Å²) in [5.74, 6) is 1.38. The number of aromatic nitrogens is 4. The van der Waals surface area contributed by atoms with Crippen LogP contribution in [0.2, 0.25) is 0 Å². The van der Waals surface area contributed by atoms with E-state index in [4.69, 9.17) is 18.7 Å². The molecule has 4 atom stereocenters. The Bertz CT molecular complexity index is 1920. The fraction of sp³-hybridized carbons (Fsp3) is 0.294. The van der Waals surface area contributed by atoms with Gasteiger partial charge in [-0.3, -0.25) is 9.36 Å². The van der Waals surface area contributed by atoms with E-state index < -0.39 is 37.7 Å². The van der Waals surface area contributed by atoms with Crippen molar-refractivity contribution in [1.29, 1.82) is 0 Å². The number of anilines is 1. The van der Waals surface area contributed by atoms with Gasteiger partial charge in [0, 0.05) is 27.5 Å². The fourth-order valence-corrected chi connectivity index (χ4v) is 6.54.